The molecule has 0 unspecified atom stereocenters. The Labute approximate surface area is 116 Å². The lowest BCUT2D eigenvalue weighted by Crippen LogP contribution is -2.36. The number of nitrogens with two attached hydrogens (primary N) is 1. The maximum atomic E-state index is 11.9. The molecule has 19 heavy (non-hydrogen) atoms. The average Bonchev–Trinajstić information content (AvgIpc) is 3.05. The van der Waals surface area contributed by atoms with E-state index in [1.165, 1.54) is 24.4 Å². The van der Waals surface area contributed by atoms with Crippen molar-refractivity contribution in [2.24, 2.45) is 0 Å². The standard InChI is InChI=1S/C12H20N4O2S/c1-14-11(18)9-10(13)15-19-12(9)16(6-7-17)8-4-2-3-5-8/h8,17H,2-7H2,1H3,(H2,13,15)(H,14,18). The minimum Gasteiger partial charge on any atom is -0.395 e. The van der Waals surface area contributed by atoms with Gasteiger partial charge >= 0.3 is 0 Å². The molecule has 1 heterocycles. The second-order valence-electron chi connectivity index (χ2n) is 4.68. The third kappa shape index (κ3) is 2.82. The molecule has 1 saturated carbocycles. The number of aliphatic hydroxyl groups excluding tert-OH is 1. The molecule has 1 aromatic heterocycles. The summed E-state index contributed by atoms with van der Waals surface area (Å²) in [6, 6.07) is 0.371. The van der Waals surface area contributed by atoms with Crippen LogP contribution >= 0.6 is 11.5 Å². The lowest BCUT2D eigenvalue weighted by Gasteiger charge is -2.29. The van der Waals surface area contributed by atoms with Crippen LogP contribution in [0.3, 0.4) is 0 Å². The zero-order chi connectivity index (χ0) is 13.8. The molecule has 0 spiro atoms. The van der Waals surface area contributed by atoms with Crippen LogP contribution in [-0.2, 0) is 0 Å². The van der Waals surface area contributed by atoms with Gasteiger partial charge in [-0.25, -0.2) is 0 Å². The van der Waals surface area contributed by atoms with Crippen molar-refractivity contribution in [3.8, 4) is 0 Å². The fourth-order valence-electron chi connectivity index (χ4n) is 2.60. The maximum Gasteiger partial charge on any atom is 0.257 e. The van der Waals surface area contributed by atoms with E-state index in [9.17, 15) is 9.90 Å². The minimum absolute atomic E-state index is 0.0570. The molecule has 2 rings (SSSR count). The van der Waals surface area contributed by atoms with Crippen LogP contribution in [-0.4, -0.2) is 41.6 Å². The Morgan fingerprint density at radius 2 is 2.26 bits per heavy atom. The molecule has 0 saturated heterocycles. The fraction of sp³-hybridized carbons (Fsp3) is 0.667. The molecule has 1 aliphatic carbocycles. The highest BCUT2D eigenvalue weighted by molar-refractivity contribution is 7.11. The predicted octanol–water partition coefficient (Wildman–Crippen LogP) is 0.826. The summed E-state index contributed by atoms with van der Waals surface area (Å²) in [6.45, 7) is 0.567. The average molecular weight is 284 g/mol. The van der Waals surface area contributed by atoms with Crippen molar-refractivity contribution in [1.29, 1.82) is 0 Å². The van der Waals surface area contributed by atoms with Crippen LogP contribution < -0.4 is 16.0 Å². The van der Waals surface area contributed by atoms with E-state index in [2.05, 4.69) is 14.6 Å². The number of aliphatic hydroxyl groups is 1. The highest BCUT2D eigenvalue weighted by atomic mass is 32.1. The zero-order valence-corrected chi connectivity index (χ0v) is 11.9. The molecule has 0 radical (unpaired) electrons. The Morgan fingerprint density at radius 3 is 2.84 bits per heavy atom. The van der Waals surface area contributed by atoms with E-state index < -0.39 is 0 Å². The van der Waals surface area contributed by atoms with Gasteiger partial charge < -0.3 is 21.1 Å². The number of nitrogen functional groups attached to an aromatic ring is 1. The molecular formula is C12H20N4O2S. The third-order valence-corrected chi connectivity index (χ3v) is 4.42. The molecule has 0 atom stereocenters. The zero-order valence-electron chi connectivity index (χ0n) is 11.1. The molecule has 1 aliphatic rings. The Morgan fingerprint density at radius 1 is 1.58 bits per heavy atom. The van der Waals surface area contributed by atoms with Gasteiger partial charge in [0.1, 0.15) is 10.6 Å². The van der Waals surface area contributed by atoms with Crippen LogP contribution in [0.5, 0.6) is 0 Å². The van der Waals surface area contributed by atoms with Crippen LogP contribution in [0.2, 0.25) is 0 Å². The van der Waals surface area contributed by atoms with Gasteiger partial charge in [-0.2, -0.15) is 4.37 Å². The molecular weight excluding hydrogens is 264 g/mol. The summed E-state index contributed by atoms with van der Waals surface area (Å²) in [5.74, 6) is 0.0440. The Kier molecular flexibility index (Phi) is 4.60. The van der Waals surface area contributed by atoms with Gasteiger partial charge in [0, 0.05) is 19.6 Å². The lowest BCUT2D eigenvalue weighted by molar-refractivity contribution is 0.0964. The first-order chi connectivity index (χ1) is 9.19. The SMILES string of the molecule is CNC(=O)c1c(N)nsc1N(CCO)C1CCCC1. The van der Waals surface area contributed by atoms with Gasteiger partial charge in [-0.1, -0.05) is 12.8 Å². The van der Waals surface area contributed by atoms with E-state index >= 15 is 0 Å². The number of nitrogens with zero attached hydrogens (tertiary/aromatic N) is 2. The number of nitrogens with one attached hydrogen (secondary N) is 1. The summed E-state index contributed by atoms with van der Waals surface area (Å²) in [5, 5.41) is 12.6. The van der Waals surface area contributed by atoms with Crippen LogP contribution in [0.4, 0.5) is 10.8 Å². The number of carbonyl (C=O) groups excluding carboxylic acids is 1. The van der Waals surface area contributed by atoms with Crippen molar-refractivity contribution in [2.75, 3.05) is 30.8 Å². The van der Waals surface area contributed by atoms with E-state index in [1.54, 1.807) is 7.05 Å². The predicted molar refractivity (Wildman–Crippen MR) is 76.6 cm³/mol. The maximum absolute atomic E-state index is 11.9. The van der Waals surface area contributed by atoms with Gasteiger partial charge in [0.2, 0.25) is 0 Å². The highest BCUT2D eigenvalue weighted by Gasteiger charge is 2.29. The van der Waals surface area contributed by atoms with Crippen molar-refractivity contribution < 1.29 is 9.90 Å². The summed E-state index contributed by atoms with van der Waals surface area (Å²) < 4.78 is 4.10. The van der Waals surface area contributed by atoms with Crippen molar-refractivity contribution in [1.82, 2.24) is 9.69 Å². The number of hydrogen-bond acceptors (Lipinski definition) is 6. The van der Waals surface area contributed by atoms with Crippen molar-refractivity contribution in [3.05, 3.63) is 5.56 Å². The van der Waals surface area contributed by atoms with E-state index in [1.807, 2.05) is 0 Å². The van der Waals surface area contributed by atoms with Crippen LogP contribution in [0.1, 0.15) is 36.0 Å². The second kappa shape index (κ2) is 6.21. The normalized spacial score (nSPS) is 15.7. The minimum atomic E-state index is -0.220. The van der Waals surface area contributed by atoms with Crippen LogP contribution in [0.25, 0.3) is 0 Å². The molecule has 4 N–H and O–H groups in total. The number of hydrogen-bond donors (Lipinski definition) is 3. The third-order valence-electron chi connectivity index (χ3n) is 3.52. The molecule has 1 aromatic rings. The van der Waals surface area contributed by atoms with E-state index in [-0.39, 0.29) is 18.3 Å². The van der Waals surface area contributed by atoms with E-state index in [4.69, 9.17) is 5.73 Å². The van der Waals surface area contributed by atoms with Crippen molar-refractivity contribution in [2.45, 2.75) is 31.7 Å². The summed E-state index contributed by atoms with van der Waals surface area (Å²) in [4.78, 5) is 14.0. The summed E-state index contributed by atoms with van der Waals surface area (Å²) in [5.41, 5.74) is 6.24. The molecule has 7 heteroatoms. The van der Waals surface area contributed by atoms with E-state index in [0.29, 0.717) is 18.2 Å². The van der Waals surface area contributed by atoms with Crippen molar-refractivity contribution in [3.63, 3.8) is 0 Å². The topological polar surface area (TPSA) is 91.5 Å². The molecule has 106 valence electrons. The number of anilines is 2. The first-order valence-corrected chi connectivity index (χ1v) is 7.31. The van der Waals surface area contributed by atoms with Gasteiger partial charge in [0.05, 0.1) is 6.61 Å². The Balaban J connectivity index is 2.33. The molecule has 1 fully saturated rings. The number of carbonyl (C=O) groups is 1. The summed E-state index contributed by atoms with van der Waals surface area (Å²) in [7, 11) is 1.58. The smallest absolute Gasteiger partial charge is 0.257 e. The Bertz CT molecular complexity index is 443. The highest BCUT2D eigenvalue weighted by Crippen LogP contribution is 2.35. The number of rotatable bonds is 5. The lowest BCUT2D eigenvalue weighted by atomic mass is 10.2. The number of aromatic nitrogens is 1. The molecule has 0 bridgehead atoms. The monoisotopic (exact) mass is 284 g/mol. The van der Waals surface area contributed by atoms with Gasteiger partial charge in [-0.15, -0.1) is 0 Å². The first kappa shape index (κ1) is 14.1. The van der Waals surface area contributed by atoms with Gasteiger partial charge in [-0.05, 0) is 24.4 Å². The Hall–Kier alpha value is -1.34. The summed E-state index contributed by atoms with van der Waals surface area (Å²) >= 11 is 1.23. The summed E-state index contributed by atoms with van der Waals surface area (Å²) in [6.07, 6.45) is 4.56. The molecule has 1 amide bonds. The van der Waals surface area contributed by atoms with E-state index in [0.717, 1.165) is 17.8 Å². The first-order valence-electron chi connectivity index (χ1n) is 6.53. The second-order valence-corrected chi connectivity index (χ2v) is 5.43. The molecule has 0 aromatic carbocycles. The molecule has 0 aliphatic heterocycles. The molecule has 6 nitrogen and oxygen atoms in total. The fourth-order valence-corrected chi connectivity index (χ4v) is 3.51. The largest absolute Gasteiger partial charge is 0.395 e. The van der Waals surface area contributed by atoms with Gasteiger partial charge in [0.25, 0.3) is 5.91 Å². The van der Waals surface area contributed by atoms with Gasteiger partial charge in [-0.3, -0.25) is 4.79 Å². The van der Waals surface area contributed by atoms with Crippen molar-refractivity contribution >= 4 is 28.3 Å². The van der Waals surface area contributed by atoms with Crippen LogP contribution in [0.15, 0.2) is 0 Å². The number of amides is 1. The van der Waals surface area contributed by atoms with Gasteiger partial charge in [0.15, 0.2) is 5.82 Å². The quantitative estimate of drug-likeness (QED) is 0.745. The van der Waals surface area contributed by atoms with Crippen LogP contribution in [0, 0.1) is 0 Å².